The minimum atomic E-state index is 0. The van der Waals surface area contributed by atoms with Gasteiger partial charge in [0.1, 0.15) is 0 Å². The summed E-state index contributed by atoms with van der Waals surface area (Å²) in [6, 6.07) is 10.0. The topological polar surface area (TPSA) is 23.1 Å². The summed E-state index contributed by atoms with van der Waals surface area (Å²) in [7, 11) is 0. The van der Waals surface area contributed by atoms with E-state index in [4.69, 9.17) is 0 Å². The van der Waals surface area contributed by atoms with Gasteiger partial charge in [-0.2, -0.15) is 18.2 Å². The van der Waals surface area contributed by atoms with E-state index < -0.39 is 0 Å². The summed E-state index contributed by atoms with van der Waals surface area (Å²) in [6.07, 6.45) is 14.9. The Hall–Kier alpha value is -1.37. The number of hydrogen-bond donors (Lipinski definition) is 0. The summed E-state index contributed by atoms with van der Waals surface area (Å²) < 4.78 is 0. The molecule has 0 fully saturated rings. The third kappa shape index (κ3) is 5.02. The molecule has 0 amide bonds. The van der Waals surface area contributed by atoms with Gasteiger partial charge in [0, 0.05) is 0 Å². The van der Waals surface area contributed by atoms with E-state index in [2.05, 4.69) is 12.2 Å². The van der Waals surface area contributed by atoms with Gasteiger partial charge in [0.2, 0.25) is 0 Å². The summed E-state index contributed by atoms with van der Waals surface area (Å²) in [5.74, 6) is 0.543. The van der Waals surface area contributed by atoms with E-state index in [1.54, 1.807) is 0 Å². The Kier molecular flexibility index (Phi) is 7.17. The van der Waals surface area contributed by atoms with Crippen molar-refractivity contribution in [1.29, 1.82) is 0 Å². The fourth-order valence-corrected chi connectivity index (χ4v) is 2.13. The number of hydrogen-bond acceptors (Lipinski definition) is 1. The Morgan fingerprint density at radius 3 is 2.26 bits per heavy atom. The zero-order chi connectivity index (χ0) is 12.6. The zero-order valence-corrected chi connectivity index (χ0v) is 11.9. The first kappa shape index (κ1) is 15.7. The molecule has 1 unspecified atom stereocenters. The molecule has 19 heavy (non-hydrogen) atoms. The second-order valence-electron chi connectivity index (χ2n) is 4.48. The molecule has 0 heterocycles. The van der Waals surface area contributed by atoms with Crippen LogP contribution in [0, 0.1) is 5.92 Å². The minimum Gasteiger partial charge on any atom is -0.875 e. The van der Waals surface area contributed by atoms with Gasteiger partial charge < -0.3 is 5.11 Å². The van der Waals surface area contributed by atoms with E-state index in [1.165, 1.54) is 0 Å². The van der Waals surface area contributed by atoms with Crippen LogP contribution >= 0.6 is 0 Å². The van der Waals surface area contributed by atoms with E-state index in [-0.39, 0.29) is 23.0 Å². The Morgan fingerprint density at radius 1 is 1.11 bits per heavy atom. The maximum absolute atomic E-state index is 11.8. The van der Waals surface area contributed by atoms with Crippen molar-refractivity contribution in [3.8, 4) is 0 Å². The average molecular weight is 294 g/mol. The van der Waals surface area contributed by atoms with Crippen molar-refractivity contribution in [3.05, 3.63) is 78.1 Å². The molecule has 0 saturated heterocycles. The Morgan fingerprint density at radius 2 is 1.79 bits per heavy atom. The summed E-state index contributed by atoms with van der Waals surface area (Å²) in [5, 5.41) is 11.8. The van der Waals surface area contributed by atoms with Gasteiger partial charge in [0.25, 0.3) is 0 Å². The molecule has 3 rings (SSSR count). The maximum Gasteiger partial charge on any atom is 2.00 e. The zero-order valence-electron chi connectivity index (χ0n) is 10.8. The molecule has 0 spiro atoms. The molecule has 0 N–H and O–H groups in total. The van der Waals surface area contributed by atoms with Crippen molar-refractivity contribution in [1.82, 2.24) is 0 Å². The maximum atomic E-state index is 11.8. The van der Waals surface area contributed by atoms with Crippen LogP contribution in [0.2, 0.25) is 0 Å². The van der Waals surface area contributed by atoms with Crippen molar-refractivity contribution >= 4 is 0 Å². The molecule has 2 aliphatic carbocycles. The predicted octanol–water partition coefficient (Wildman–Crippen LogP) is 3.49. The number of allylic oxidation sites excluding steroid dienone is 8. The normalized spacial score (nSPS) is 19.6. The van der Waals surface area contributed by atoms with Crippen molar-refractivity contribution in [2.24, 2.45) is 5.92 Å². The molecule has 1 aromatic carbocycles. The quantitative estimate of drug-likeness (QED) is 0.336. The first-order chi connectivity index (χ1) is 8.88. The van der Waals surface area contributed by atoms with Gasteiger partial charge in [-0.05, 0) is 30.8 Å². The SMILES string of the molecule is [Fe+2].[O-]C(=C1C=CC=C1)C1CC=CCC1.c1cc[cH-]c1. The molecule has 2 heteroatoms. The van der Waals surface area contributed by atoms with E-state index >= 15 is 0 Å². The van der Waals surface area contributed by atoms with Crippen molar-refractivity contribution in [2.75, 3.05) is 0 Å². The van der Waals surface area contributed by atoms with Crippen LogP contribution in [0.15, 0.2) is 78.1 Å². The molecular formula is C17H18FeO. The Balaban J connectivity index is 0.000000256. The first-order valence-electron chi connectivity index (χ1n) is 6.45. The van der Waals surface area contributed by atoms with Gasteiger partial charge in [0.15, 0.2) is 0 Å². The molecule has 0 aliphatic heterocycles. The summed E-state index contributed by atoms with van der Waals surface area (Å²) in [6.45, 7) is 0. The standard InChI is InChI=1S/C12H14O.C5H5.Fe/c13-12(11-8-4-5-9-11)10-6-2-1-3-7-10;1-2-4-5-3-1;/h1-2,4-5,8-10,13H,3,6-7H2;1-5H;/q;-1;+2/p-1. The minimum absolute atomic E-state index is 0. The molecule has 0 bridgehead atoms. The fourth-order valence-electron chi connectivity index (χ4n) is 2.13. The van der Waals surface area contributed by atoms with Crippen LogP contribution < -0.4 is 5.11 Å². The Labute approximate surface area is 125 Å². The summed E-state index contributed by atoms with van der Waals surface area (Å²) in [4.78, 5) is 0. The molecule has 1 atom stereocenters. The molecule has 0 radical (unpaired) electrons. The fraction of sp³-hybridized carbons (Fsp3) is 0.235. The van der Waals surface area contributed by atoms with Gasteiger partial charge in [-0.1, -0.05) is 36.5 Å². The molecule has 100 valence electrons. The van der Waals surface area contributed by atoms with Gasteiger partial charge in [-0.15, -0.1) is 5.76 Å². The predicted molar refractivity (Wildman–Crippen MR) is 73.8 cm³/mol. The monoisotopic (exact) mass is 294 g/mol. The second kappa shape index (κ2) is 8.68. The van der Waals surface area contributed by atoms with E-state index in [0.717, 1.165) is 24.8 Å². The van der Waals surface area contributed by atoms with Crippen molar-refractivity contribution in [2.45, 2.75) is 19.3 Å². The van der Waals surface area contributed by atoms with Gasteiger partial charge >= 0.3 is 17.1 Å². The van der Waals surface area contributed by atoms with Crippen molar-refractivity contribution < 1.29 is 22.2 Å². The average Bonchev–Trinajstić information content (AvgIpc) is 3.14. The third-order valence-corrected chi connectivity index (χ3v) is 3.14. The third-order valence-electron chi connectivity index (χ3n) is 3.14. The molecule has 0 saturated carbocycles. The smallest absolute Gasteiger partial charge is 0.875 e. The van der Waals surface area contributed by atoms with Crippen LogP contribution in [-0.2, 0) is 17.1 Å². The summed E-state index contributed by atoms with van der Waals surface area (Å²) in [5.41, 5.74) is 0.875. The Bertz CT molecular complexity index is 432. The van der Waals surface area contributed by atoms with Crippen molar-refractivity contribution in [3.63, 3.8) is 0 Å². The van der Waals surface area contributed by atoms with Crippen LogP contribution in [-0.4, -0.2) is 0 Å². The van der Waals surface area contributed by atoms with E-state index in [9.17, 15) is 5.11 Å². The first-order valence-corrected chi connectivity index (χ1v) is 6.45. The molecule has 1 nitrogen and oxygen atoms in total. The van der Waals surface area contributed by atoms with Crippen LogP contribution in [0.5, 0.6) is 0 Å². The summed E-state index contributed by atoms with van der Waals surface area (Å²) >= 11 is 0. The van der Waals surface area contributed by atoms with Gasteiger partial charge in [-0.3, -0.25) is 0 Å². The molecule has 1 aromatic rings. The molecular weight excluding hydrogens is 276 g/mol. The van der Waals surface area contributed by atoms with Crippen LogP contribution in [0.3, 0.4) is 0 Å². The van der Waals surface area contributed by atoms with Crippen LogP contribution in [0.25, 0.3) is 0 Å². The van der Waals surface area contributed by atoms with Crippen LogP contribution in [0.1, 0.15) is 19.3 Å². The van der Waals surface area contributed by atoms with Gasteiger partial charge in [0.05, 0.1) is 0 Å². The largest absolute Gasteiger partial charge is 2.00 e. The second-order valence-corrected chi connectivity index (χ2v) is 4.48. The van der Waals surface area contributed by atoms with Crippen LogP contribution in [0.4, 0.5) is 0 Å². The van der Waals surface area contributed by atoms with Gasteiger partial charge in [-0.25, -0.2) is 12.1 Å². The van der Waals surface area contributed by atoms with E-state index in [1.807, 2.05) is 54.6 Å². The molecule has 2 aliphatic rings. The van der Waals surface area contributed by atoms with E-state index in [0.29, 0.717) is 5.76 Å². The molecule has 0 aromatic heterocycles. The number of rotatable bonds is 1.